The summed E-state index contributed by atoms with van der Waals surface area (Å²) in [6.45, 7) is 2.65. The molecule has 1 spiro atoms. The van der Waals surface area contributed by atoms with Gasteiger partial charge in [-0.3, -0.25) is 14.9 Å². The molecule has 0 aliphatic carbocycles. The number of carbonyl (C=O) groups is 3. The number of hydrogen-bond donors (Lipinski definition) is 2. The van der Waals surface area contributed by atoms with Crippen molar-refractivity contribution in [2.75, 3.05) is 13.1 Å². The summed E-state index contributed by atoms with van der Waals surface area (Å²) in [5, 5.41) is 4.86. The van der Waals surface area contributed by atoms with Gasteiger partial charge in [-0.1, -0.05) is 0 Å². The number of nitrogens with zero attached hydrogens (tertiary/aromatic N) is 1. The number of thiophene rings is 1. The average Bonchev–Trinajstić information content (AvgIpc) is 3.01. The topological polar surface area (TPSA) is 78.5 Å². The number of rotatable bonds is 1. The number of aryl methyl sites for hydroxylation is 1. The van der Waals surface area contributed by atoms with E-state index in [0.717, 1.165) is 4.88 Å². The molecule has 2 fully saturated rings. The predicted octanol–water partition coefficient (Wildman–Crippen LogP) is 0.481. The molecule has 2 N–H and O–H groups in total. The lowest BCUT2D eigenvalue weighted by atomic mass is 10.00. The molecule has 2 aliphatic heterocycles. The van der Waals surface area contributed by atoms with E-state index in [4.69, 9.17) is 0 Å². The number of likely N-dealkylation sites (tertiary alicyclic amines) is 1. The Morgan fingerprint density at radius 1 is 1.42 bits per heavy atom. The second-order valence-electron chi connectivity index (χ2n) is 4.88. The van der Waals surface area contributed by atoms with E-state index in [1.165, 1.54) is 11.3 Å². The summed E-state index contributed by atoms with van der Waals surface area (Å²) in [5.74, 6) is -0.418. The zero-order valence-corrected chi connectivity index (χ0v) is 11.2. The Hall–Kier alpha value is -1.89. The van der Waals surface area contributed by atoms with Gasteiger partial charge in [-0.05, 0) is 25.5 Å². The number of amides is 4. The van der Waals surface area contributed by atoms with Gasteiger partial charge >= 0.3 is 6.03 Å². The molecule has 0 bridgehead atoms. The van der Waals surface area contributed by atoms with E-state index in [0.29, 0.717) is 17.8 Å². The molecule has 7 heteroatoms. The van der Waals surface area contributed by atoms with Gasteiger partial charge in [0.1, 0.15) is 5.54 Å². The van der Waals surface area contributed by atoms with Crippen LogP contribution in [0.2, 0.25) is 0 Å². The average molecular weight is 279 g/mol. The van der Waals surface area contributed by atoms with Crippen LogP contribution in [0.1, 0.15) is 21.0 Å². The maximum absolute atomic E-state index is 12.3. The van der Waals surface area contributed by atoms with Crippen molar-refractivity contribution < 1.29 is 14.4 Å². The van der Waals surface area contributed by atoms with Crippen LogP contribution >= 0.6 is 11.3 Å². The normalized spacial score (nSPS) is 25.8. The van der Waals surface area contributed by atoms with Crippen molar-refractivity contribution in [1.82, 2.24) is 15.5 Å². The molecule has 1 atom stereocenters. The maximum atomic E-state index is 12.3. The lowest BCUT2D eigenvalue weighted by Crippen LogP contribution is -2.49. The Morgan fingerprint density at radius 3 is 2.79 bits per heavy atom. The quantitative estimate of drug-likeness (QED) is 0.734. The van der Waals surface area contributed by atoms with Crippen molar-refractivity contribution in [3.05, 3.63) is 21.9 Å². The Labute approximate surface area is 113 Å². The minimum atomic E-state index is -0.932. The van der Waals surface area contributed by atoms with Crippen LogP contribution < -0.4 is 10.6 Å². The SMILES string of the molecule is Cc1ccc(C(=O)N2CCC3(C2)NC(=O)NC3=O)s1. The van der Waals surface area contributed by atoms with Gasteiger partial charge < -0.3 is 10.2 Å². The molecule has 0 saturated carbocycles. The third-order valence-electron chi connectivity index (χ3n) is 3.52. The third-order valence-corrected chi connectivity index (χ3v) is 4.51. The van der Waals surface area contributed by atoms with Gasteiger partial charge in [0.05, 0.1) is 11.4 Å². The lowest BCUT2D eigenvalue weighted by Gasteiger charge is -2.20. The van der Waals surface area contributed by atoms with Crippen molar-refractivity contribution in [3.63, 3.8) is 0 Å². The molecule has 0 radical (unpaired) electrons. The summed E-state index contributed by atoms with van der Waals surface area (Å²) in [5.41, 5.74) is -0.932. The Morgan fingerprint density at radius 2 is 2.21 bits per heavy atom. The minimum Gasteiger partial charge on any atom is -0.335 e. The number of imide groups is 1. The Bertz CT molecular complexity index is 583. The van der Waals surface area contributed by atoms with E-state index >= 15 is 0 Å². The lowest BCUT2D eigenvalue weighted by molar-refractivity contribution is -0.123. The fourth-order valence-corrected chi connectivity index (χ4v) is 3.34. The largest absolute Gasteiger partial charge is 0.335 e. The van der Waals surface area contributed by atoms with Crippen molar-refractivity contribution in [2.24, 2.45) is 0 Å². The second-order valence-corrected chi connectivity index (χ2v) is 6.17. The monoisotopic (exact) mass is 279 g/mol. The van der Waals surface area contributed by atoms with Gasteiger partial charge in [0.25, 0.3) is 11.8 Å². The van der Waals surface area contributed by atoms with Crippen LogP contribution in [0, 0.1) is 6.92 Å². The highest BCUT2D eigenvalue weighted by molar-refractivity contribution is 7.13. The van der Waals surface area contributed by atoms with E-state index in [9.17, 15) is 14.4 Å². The summed E-state index contributed by atoms with van der Waals surface area (Å²) < 4.78 is 0. The molecule has 100 valence electrons. The molecule has 4 amide bonds. The van der Waals surface area contributed by atoms with Crippen LogP contribution in [0.15, 0.2) is 12.1 Å². The van der Waals surface area contributed by atoms with Gasteiger partial charge in [0.2, 0.25) is 0 Å². The molecule has 2 aliphatic rings. The van der Waals surface area contributed by atoms with Gasteiger partial charge in [-0.2, -0.15) is 0 Å². The smallest absolute Gasteiger partial charge is 0.322 e. The minimum absolute atomic E-state index is 0.0797. The molecular formula is C12H13N3O3S. The highest BCUT2D eigenvalue weighted by Gasteiger charge is 2.51. The van der Waals surface area contributed by atoms with Crippen molar-refractivity contribution in [3.8, 4) is 0 Å². The van der Waals surface area contributed by atoms with Gasteiger partial charge in [0.15, 0.2) is 0 Å². The van der Waals surface area contributed by atoms with E-state index in [1.54, 1.807) is 11.0 Å². The molecule has 2 saturated heterocycles. The van der Waals surface area contributed by atoms with Gasteiger partial charge in [-0.15, -0.1) is 11.3 Å². The molecule has 1 unspecified atom stereocenters. The number of carbonyl (C=O) groups excluding carboxylic acids is 3. The number of urea groups is 1. The molecule has 0 aromatic carbocycles. The first-order valence-electron chi connectivity index (χ1n) is 5.99. The van der Waals surface area contributed by atoms with Crippen LogP contribution in [0.25, 0.3) is 0 Å². The van der Waals surface area contributed by atoms with E-state index < -0.39 is 11.6 Å². The zero-order chi connectivity index (χ0) is 13.6. The summed E-state index contributed by atoms with van der Waals surface area (Å²) in [7, 11) is 0. The fraction of sp³-hybridized carbons (Fsp3) is 0.417. The Kier molecular flexibility index (Phi) is 2.60. The predicted molar refractivity (Wildman–Crippen MR) is 69.0 cm³/mol. The highest BCUT2D eigenvalue weighted by Crippen LogP contribution is 2.27. The highest BCUT2D eigenvalue weighted by atomic mass is 32.1. The van der Waals surface area contributed by atoms with E-state index in [1.807, 2.05) is 13.0 Å². The molecular weight excluding hydrogens is 266 g/mol. The standard InChI is InChI=1S/C12H13N3O3S/c1-7-2-3-8(19-7)9(16)15-5-4-12(6-15)10(17)13-11(18)14-12/h2-3H,4-6H2,1H3,(H2,13,14,17,18). The molecule has 1 aromatic rings. The Balaban J connectivity index is 1.78. The fourth-order valence-electron chi connectivity index (χ4n) is 2.50. The van der Waals surface area contributed by atoms with Crippen LogP contribution in [0.5, 0.6) is 0 Å². The summed E-state index contributed by atoms with van der Waals surface area (Å²) in [6, 6.07) is 3.21. The molecule has 6 nitrogen and oxygen atoms in total. The maximum Gasteiger partial charge on any atom is 0.322 e. The van der Waals surface area contributed by atoms with Crippen molar-refractivity contribution in [1.29, 1.82) is 0 Å². The summed E-state index contributed by atoms with van der Waals surface area (Å²) >= 11 is 1.44. The van der Waals surface area contributed by atoms with Crippen LogP contribution in [0.4, 0.5) is 4.79 Å². The first kappa shape index (κ1) is 12.2. The summed E-state index contributed by atoms with van der Waals surface area (Å²) in [6.07, 6.45) is 0.459. The molecule has 3 heterocycles. The van der Waals surface area contributed by atoms with E-state index in [2.05, 4.69) is 10.6 Å². The number of nitrogens with one attached hydrogen (secondary N) is 2. The second kappa shape index (κ2) is 4.06. The van der Waals surface area contributed by atoms with Crippen LogP contribution in [0.3, 0.4) is 0 Å². The van der Waals surface area contributed by atoms with Crippen LogP contribution in [-0.2, 0) is 4.79 Å². The van der Waals surface area contributed by atoms with Crippen molar-refractivity contribution >= 4 is 29.2 Å². The first-order valence-corrected chi connectivity index (χ1v) is 6.81. The van der Waals surface area contributed by atoms with Gasteiger partial charge in [-0.25, -0.2) is 4.79 Å². The van der Waals surface area contributed by atoms with Gasteiger partial charge in [0, 0.05) is 11.4 Å². The number of hydrogen-bond acceptors (Lipinski definition) is 4. The summed E-state index contributed by atoms with van der Waals surface area (Å²) in [4.78, 5) is 38.6. The van der Waals surface area contributed by atoms with Crippen LogP contribution in [-0.4, -0.2) is 41.4 Å². The van der Waals surface area contributed by atoms with E-state index in [-0.39, 0.29) is 18.4 Å². The van der Waals surface area contributed by atoms with Crippen molar-refractivity contribution in [2.45, 2.75) is 18.9 Å². The first-order chi connectivity index (χ1) is 9.00. The zero-order valence-electron chi connectivity index (χ0n) is 10.4. The third kappa shape index (κ3) is 1.90. The molecule has 3 rings (SSSR count). The molecule has 19 heavy (non-hydrogen) atoms. The molecule has 1 aromatic heterocycles.